The van der Waals surface area contributed by atoms with Gasteiger partial charge in [-0.1, -0.05) is 27.7 Å². The molecule has 0 aliphatic carbocycles. The highest BCUT2D eigenvalue weighted by molar-refractivity contribution is 5.94. The number of nitrogens with one attached hydrogen (secondary N) is 2. The van der Waals surface area contributed by atoms with E-state index >= 15 is 0 Å². The molecule has 8 heteroatoms. The first-order chi connectivity index (χ1) is 15.8. The van der Waals surface area contributed by atoms with Crippen LogP contribution >= 0.6 is 0 Å². The fourth-order valence-corrected chi connectivity index (χ4v) is 3.85. The monoisotopic (exact) mass is 451 g/mol. The first-order valence-corrected chi connectivity index (χ1v) is 11.7. The van der Waals surface area contributed by atoms with Gasteiger partial charge in [0.05, 0.1) is 0 Å². The predicted octanol–water partition coefficient (Wildman–Crippen LogP) is 4.00. The van der Waals surface area contributed by atoms with Crippen LogP contribution in [-0.4, -0.2) is 47.1 Å². The van der Waals surface area contributed by atoms with Crippen LogP contribution in [0.3, 0.4) is 0 Å². The van der Waals surface area contributed by atoms with Gasteiger partial charge in [0.2, 0.25) is 5.95 Å². The van der Waals surface area contributed by atoms with Crippen LogP contribution in [0, 0.1) is 11.8 Å². The van der Waals surface area contributed by atoms with Crippen molar-refractivity contribution in [1.82, 2.24) is 19.9 Å². The summed E-state index contributed by atoms with van der Waals surface area (Å²) in [7, 11) is 1.62. The van der Waals surface area contributed by atoms with E-state index in [1.165, 1.54) is 0 Å². The number of carbonyl (C=O) groups is 1. The third-order valence-corrected chi connectivity index (χ3v) is 5.29. The lowest BCUT2D eigenvalue weighted by Gasteiger charge is -2.27. The van der Waals surface area contributed by atoms with Crippen molar-refractivity contribution in [2.24, 2.45) is 17.6 Å². The minimum Gasteiger partial charge on any atom is -0.356 e. The van der Waals surface area contributed by atoms with Crippen LogP contribution in [0.25, 0.3) is 11.2 Å². The molecule has 178 valence electrons. The fourth-order valence-electron chi connectivity index (χ4n) is 3.85. The second-order valence-electron chi connectivity index (χ2n) is 9.22. The maximum Gasteiger partial charge on any atom is 0.251 e. The van der Waals surface area contributed by atoms with Crippen LogP contribution in [0.4, 0.5) is 17.5 Å². The van der Waals surface area contributed by atoms with Crippen molar-refractivity contribution in [3.05, 3.63) is 42.0 Å². The molecular formula is C25H37N7O. The molecule has 2 heterocycles. The van der Waals surface area contributed by atoms with Crippen molar-refractivity contribution in [1.29, 1.82) is 0 Å². The number of pyridine rings is 1. The summed E-state index contributed by atoms with van der Waals surface area (Å²) in [6, 6.07) is 11.5. The third kappa shape index (κ3) is 6.22. The van der Waals surface area contributed by atoms with Crippen molar-refractivity contribution < 1.29 is 4.79 Å². The second-order valence-corrected chi connectivity index (χ2v) is 9.22. The van der Waals surface area contributed by atoms with E-state index in [1.54, 1.807) is 19.2 Å². The fraction of sp³-hybridized carbons (Fsp3) is 0.480. The first kappa shape index (κ1) is 24.5. The summed E-state index contributed by atoms with van der Waals surface area (Å²) in [6.07, 6.45) is 0.823. The van der Waals surface area contributed by atoms with Crippen LogP contribution in [0.15, 0.2) is 36.4 Å². The number of aromatic nitrogens is 3. The Morgan fingerprint density at radius 1 is 1.03 bits per heavy atom. The largest absolute Gasteiger partial charge is 0.356 e. The van der Waals surface area contributed by atoms with Gasteiger partial charge >= 0.3 is 0 Å². The van der Waals surface area contributed by atoms with E-state index in [4.69, 9.17) is 15.7 Å². The Morgan fingerprint density at radius 2 is 1.70 bits per heavy atom. The summed E-state index contributed by atoms with van der Waals surface area (Å²) in [6.45, 7) is 12.1. The molecule has 0 radical (unpaired) electrons. The molecule has 0 aliphatic rings. The smallest absolute Gasteiger partial charge is 0.251 e. The molecule has 2 aromatic heterocycles. The van der Waals surface area contributed by atoms with E-state index in [9.17, 15) is 4.79 Å². The molecule has 33 heavy (non-hydrogen) atoms. The van der Waals surface area contributed by atoms with E-state index in [0.717, 1.165) is 54.7 Å². The van der Waals surface area contributed by atoms with Crippen LogP contribution in [0.5, 0.6) is 0 Å². The van der Waals surface area contributed by atoms with Crippen molar-refractivity contribution >= 4 is 34.5 Å². The van der Waals surface area contributed by atoms with Gasteiger partial charge in [0.15, 0.2) is 5.65 Å². The second kappa shape index (κ2) is 11.1. The van der Waals surface area contributed by atoms with Crippen LogP contribution in [0.2, 0.25) is 0 Å². The number of hydrogen-bond donors (Lipinski definition) is 3. The molecule has 0 saturated carbocycles. The molecule has 1 amide bonds. The highest BCUT2D eigenvalue weighted by atomic mass is 16.1. The number of nitrogens with two attached hydrogens (primary N) is 1. The van der Waals surface area contributed by atoms with Crippen molar-refractivity contribution in [3.8, 4) is 0 Å². The Labute approximate surface area is 196 Å². The lowest BCUT2D eigenvalue weighted by Crippen LogP contribution is -2.32. The quantitative estimate of drug-likeness (QED) is 0.407. The predicted molar refractivity (Wildman–Crippen MR) is 136 cm³/mol. The summed E-state index contributed by atoms with van der Waals surface area (Å²) < 4.78 is 2.10. The maximum atomic E-state index is 11.8. The normalized spacial score (nSPS) is 11.4. The minimum absolute atomic E-state index is 0.110. The molecule has 0 unspecified atom stereocenters. The van der Waals surface area contributed by atoms with Gasteiger partial charge in [0.25, 0.3) is 5.91 Å². The Bertz CT molecular complexity index is 1050. The van der Waals surface area contributed by atoms with Gasteiger partial charge in [0, 0.05) is 37.9 Å². The Balaban J connectivity index is 1.97. The van der Waals surface area contributed by atoms with Crippen molar-refractivity contribution in [2.45, 2.75) is 40.7 Å². The van der Waals surface area contributed by atoms with Gasteiger partial charge in [-0.25, -0.2) is 9.97 Å². The lowest BCUT2D eigenvalue weighted by atomic mass is 10.1. The Kier molecular flexibility index (Phi) is 8.27. The zero-order chi connectivity index (χ0) is 24.0. The molecule has 0 bridgehead atoms. The van der Waals surface area contributed by atoms with E-state index in [-0.39, 0.29) is 5.91 Å². The SMILES string of the molecule is CNC(=O)c1ccc(Nc2nc3ccc(N(CC(C)C)CC(C)C)nc3n2CCCN)cc1. The number of anilines is 3. The summed E-state index contributed by atoms with van der Waals surface area (Å²) >= 11 is 0. The molecule has 0 fully saturated rings. The molecule has 0 aliphatic heterocycles. The lowest BCUT2D eigenvalue weighted by molar-refractivity contribution is 0.0963. The first-order valence-electron chi connectivity index (χ1n) is 11.7. The molecular weight excluding hydrogens is 414 g/mol. The van der Waals surface area contributed by atoms with Gasteiger partial charge < -0.3 is 21.3 Å². The summed E-state index contributed by atoms with van der Waals surface area (Å²) in [5.41, 5.74) is 8.98. The number of hydrogen-bond acceptors (Lipinski definition) is 6. The van der Waals surface area contributed by atoms with Crippen molar-refractivity contribution in [2.75, 3.05) is 36.9 Å². The highest BCUT2D eigenvalue weighted by Gasteiger charge is 2.17. The molecule has 8 nitrogen and oxygen atoms in total. The van der Waals surface area contributed by atoms with Gasteiger partial charge in [-0.3, -0.25) is 9.36 Å². The molecule has 0 spiro atoms. The molecule has 4 N–H and O–H groups in total. The molecule has 3 aromatic rings. The number of imidazole rings is 1. The van der Waals surface area contributed by atoms with E-state index in [0.29, 0.717) is 23.9 Å². The highest BCUT2D eigenvalue weighted by Crippen LogP contribution is 2.25. The van der Waals surface area contributed by atoms with Gasteiger partial charge in [-0.2, -0.15) is 0 Å². The number of amides is 1. The maximum absolute atomic E-state index is 11.8. The third-order valence-electron chi connectivity index (χ3n) is 5.29. The summed E-state index contributed by atoms with van der Waals surface area (Å²) in [4.78, 5) is 24.0. The van der Waals surface area contributed by atoms with E-state index in [1.807, 2.05) is 18.2 Å². The molecule has 0 atom stereocenters. The average Bonchev–Trinajstić information content (AvgIpc) is 3.12. The average molecular weight is 452 g/mol. The summed E-state index contributed by atoms with van der Waals surface area (Å²) in [5.74, 6) is 2.66. The molecule has 0 saturated heterocycles. The number of nitrogens with zero attached hydrogens (tertiary/aromatic N) is 4. The van der Waals surface area contributed by atoms with E-state index < -0.39 is 0 Å². The van der Waals surface area contributed by atoms with Gasteiger partial charge in [-0.05, 0) is 61.2 Å². The Morgan fingerprint density at radius 3 is 2.27 bits per heavy atom. The van der Waals surface area contributed by atoms with Crippen LogP contribution in [0.1, 0.15) is 44.5 Å². The topological polar surface area (TPSA) is 101 Å². The minimum atomic E-state index is -0.110. The zero-order valence-electron chi connectivity index (χ0n) is 20.4. The molecule has 1 aromatic carbocycles. The van der Waals surface area contributed by atoms with Gasteiger partial charge in [0.1, 0.15) is 11.3 Å². The van der Waals surface area contributed by atoms with Gasteiger partial charge in [-0.15, -0.1) is 0 Å². The molecule has 3 rings (SSSR count). The van der Waals surface area contributed by atoms with Crippen LogP contribution in [-0.2, 0) is 6.54 Å². The van der Waals surface area contributed by atoms with Crippen LogP contribution < -0.4 is 21.3 Å². The number of carbonyl (C=O) groups excluding carboxylic acids is 1. The Hall–Kier alpha value is -3.13. The zero-order valence-corrected chi connectivity index (χ0v) is 20.4. The van der Waals surface area contributed by atoms with E-state index in [2.05, 4.69) is 53.9 Å². The number of aryl methyl sites for hydroxylation is 1. The summed E-state index contributed by atoms with van der Waals surface area (Å²) in [5, 5.41) is 6.03. The number of fused-ring (bicyclic) bond motifs is 1. The standard InChI is InChI=1S/C25H37N7O/c1-17(2)15-31(16-18(3)4)22-12-11-21-23(30-22)32(14-6-13-26)25(29-21)28-20-9-7-19(8-10-20)24(33)27-5/h7-12,17-18H,6,13-16,26H2,1-5H3,(H,27,33)(H,28,29). The number of benzene rings is 1. The number of rotatable bonds is 11. The van der Waals surface area contributed by atoms with Crippen molar-refractivity contribution in [3.63, 3.8) is 0 Å².